The Labute approximate surface area is 104 Å². The summed E-state index contributed by atoms with van der Waals surface area (Å²) in [6.45, 7) is 2.93. The average Bonchev–Trinajstić information content (AvgIpc) is 2.29. The molecule has 0 fully saturated rings. The Bertz CT molecular complexity index is 483. The van der Waals surface area contributed by atoms with E-state index in [1.807, 2.05) is 0 Å². The van der Waals surface area contributed by atoms with Crippen LogP contribution in [0.2, 0.25) is 0 Å². The molecule has 0 heterocycles. The molecule has 1 aromatic rings. The molecule has 1 atom stereocenters. The number of carbonyl (C=O) groups excluding carboxylic acids is 2. The van der Waals surface area contributed by atoms with Crippen molar-refractivity contribution in [1.29, 1.82) is 0 Å². The second kappa shape index (κ2) is 5.90. The normalized spacial score (nSPS) is 11.7. The first-order valence-electron chi connectivity index (χ1n) is 5.39. The van der Waals surface area contributed by atoms with Crippen LogP contribution in [0.4, 0.5) is 5.69 Å². The third-order valence-electron chi connectivity index (χ3n) is 2.37. The van der Waals surface area contributed by atoms with Gasteiger partial charge in [0.05, 0.1) is 17.1 Å². The summed E-state index contributed by atoms with van der Waals surface area (Å²) in [5, 5.41) is 10.9. The number of ketones is 1. The topological polar surface area (TPSA) is 86.5 Å². The van der Waals surface area contributed by atoms with Crippen LogP contribution in [0.5, 0.6) is 0 Å². The van der Waals surface area contributed by atoms with E-state index < -0.39 is 22.6 Å². The number of rotatable bonds is 5. The van der Waals surface area contributed by atoms with Crippen molar-refractivity contribution in [3.05, 3.63) is 39.9 Å². The smallest absolute Gasteiger partial charge is 0.321 e. The summed E-state index contributed by atoms with van der Waals surface area (Å²) in [5.41, 5.74) is -0.195. The van der Waals surface area contributed by atoms with Gasteiger partial charge in [-0.05, 0) is 13.8 Å². The lowest BCUT2D eigenvalue weighted by Crippen LogP contribution is -2.23. The summed E-state index contributed by atoms with van der Waals surface area (Å²) >= 11 is 0. The summed E-state index contributed by atoms with van der Waals surface area (Å²) in [4.78, 5) is 33.5. The van der Waals surface area contributed by atoms with Crippen molar-refractivity contribution < 1.29 is 19.2 Å². The molecule has 0 saturated carbocycles. The molecular formula is C12H13NO5. The number of nitro groups is 1. The highest BCUT2D eigenvalue weighted by Gasteiger charge is 2.32. The van der Waals surface area contributed by atoms with Crippen LogP contribution >= 0.6 is 0 Å². The van der Waals surface area contributed by atoms with Gasteiger partial charge in [-0.3, -0.25) is 19.7 Å². The number of ether oxygens (including phenoxy) is 1. The lowest BCUT2D eigenvalue weighted by atomic mass is 9.94. The second-order valence-electron chi connectivity index (χ2n) is 3.61. The van der Waals surface area contributed by atoms with E-state index >= 15 is 0 Å². The van der Waals surface area contributed by atoms with Gasteiger partial charge in [0.15, 0.2) is 0 Å². The Morgan fingerprint density at radius 2 is 2.00 bits per heavy atom. The van der Waals surface area contributed by atoms with Gasteiger partial charge >= 0.3 is 5.97 Å². The molecule has 0 bridgehead atoms. The van der Waals surface area contributed by atoms with Crippen LogP contribution in [0.15, 0.2) is 24.3 Å². The molecule has 0 N–H and O–H groups in total. The Hall–Kier alpha value is -2.24. The highest BCUT2D eigenvalue weighted by atomic mass is 16.6. The monoisotopic (exact) mass is 251 g/mol. The fourth-order valence-electron chi connectivity index (χ4n) is 1.64. The summed E-state index contributed by atoms with van der Waals surface area (Å²) in [6.07, 6.45) is 0. The third-order valence-corrected chi connectivity index (χ3v) is 2.37. The molecule has 0 radical (unpaired) electrons. The maximum Gasteiger partial charge on any atom is 0.321 e. The van der Waals surface area contributed by atoms with Crippen molar-refractivity contribution in [3.63, 3.8) is 0 Å². The van der Waals surface area contributed by atoms with Gasteiger partial charge in [-0.1, -0.05) is 18.2 Å². The van der Waals surface area contributed by atoms with Gasteiger partial charge in [0.2, 0.25) is 0 Å². The molecule has 6 nitrogen and oxygen atoms in total. The van der Waals surface area contributed by atoms with Crippen molar-refractivity contribution in [3.8, 4) is 0 Å². The molecule has 6 heteroatoms. The number of para-hydroxylation sites is 1. The maximum absolute atomic E-state index is 11.7. The van der Waals surface area contributed by atoms with Crippen LogP contribution in [0.3, 0.4) is 0 Å². The number of esters is 1. The highest BCUT2D eigenvalue weighted by Crippen LogP contribution is 2.28. The van der Waals surface area contributed by atoms with E-state index in [4.69, 9.17) is 4.74 Å². The minimum absolute atomic E-state index is 0.0634. The van der Waals surface area contributed by atoms with E-state index in [1.165, 1.54) is 31.2 Å². The largest absolute Gasteiger partial charge is 0.465 e. The minimum Gasteiger partial charge on any atom is -0.465 e. The van der Waals surface area contributed by atoms with Crippen LogP contribution in [0.25, 0.3) is 0 Å². The van der Waals surface area contributed by atoms with E-state index in [0.29, 0.717) is 0 Å². The van der Waals surface area contributed by atoms with Gasteiger partial charge in [-0.25, -0.2) is 0 Å². The fourth-order valence-corrected chi connectivity index (χ4v) is 1.64. The molecule has 1 aromatic carbocycles. The van der Waals surface area contributed by atoms with E-state index in [0.717, 1.165) is 0 Å². The maximum atomic E-state index is 11.7. The second-order valence-corrected chi connectivity index (χ2v) is 3.61. The van der Waals surface area contributed by atoms with E-state index in [1.54, 1.807) is 6.92 Å². The molecule has 0 spiro atoms. The standard InChI is InChI=1S/C12H13NO5/c1-3-18-12(15)11(8(2)14)9-6-4-5-7-10(9)13(16)17/h4-7,11H,3H2,1-2H3/t11-/m1/s1. The first kappa shape index (κ1) is 13.8. The zero-order valence-corrected chi connectivity index (χ0v) is 10.1. The van der Waals surface area contributed by atoms with E-state index in [-0.39, 0.29) is 17.9 Å². The lowest BCUT2D eigenvalue weighted by molar-refractivity contribution is -0.385. The molecule has 0 saturated heterocycles. The van der Waals surface area contributed by atoms with Crippen molar-refractivity contribution in [2.24, 2.45) is 0 Å². The Morgan fingerprint density at radius 3 is 2.50 bits per heavy atom. The van der Waals surface area contributed by atoms with Gasteiger partial charge in [0.1, 0.15) is 11.7 Å². The van der Waals surface area contributed by atoms with Crippen LogP contribution in [-0.4, -0.2) is 23.3 Å². The van der Waals surface area contributed by atoms with Crippen LogP contribution in [-0.2, 0) is 14.3 Å². The Kier molecular flexibility index (Phi) is 4.53. The summed E-state index contributed by atoms with van der Waals surface area (Å²) in [5.74, 6) is -2.49. The van der Waals surface area contributed by atoms with Gasteiger partial charge in [-0.2, -0.15) is 0 Å². The number of hydrogen-bond acceptors (Lipinski definition) is 5. The van der Waals surface area contributed by atoms with Crippen molar-refractivity contribution in [2.45, 2.75) is 19.8 Å². The molecule has 18 heavy (non-hydrogen) atoms. The summed E-state index contributed by atoms with van der Waals surface area (Å²) in [7, 11) is 0. The van der Waals surface area contributed by atoms with Crippen molar-refractivity contribution in [1.82, 2.24) is 0 Å². The summed E-state index contributed by atoms with van der Waals surface area (Å²) in [6, 6.07) is 5.66. The Balaban J connectivity index is 3.26. The first-order valence-corrected chi connectivity index (χ1v) is 5.39. The van der Waals surface area contributed by atoms with Crippen LogP contribution in [0.1, 0.15) is 25.3 Å². The average molecular weight is 251 g/mol. The van der Waals surface area contributed by atoms with Crippen molar-refractivity contribution >= 4 is 17.4 Å². The van der Waals surface area contributed by atoms with Gasteiger partial charge in [0, 0.05) is 6.07 Å². The zero-order chi connectivity index (χ0) is 13.7. The van der Waals surface area contributed by atoms with E-state index in [2.05, 4.69) is 0 Å². The van der Waals surface area contributed by atoms with Gasteiger partial charge < -0.3 is 4.74 Å². The quantitative estimate of drug-likeness (QED) is 0.345. The number of hydrogen-bond donors (Lipinski definition) is 0. The SMILES string of the molecule is CCOC(=O)[C@H](C(C)=O)c1ccccc1[N+](=O)[O-]. The van der Waals surface area contributed by atoms with Crippen LogP contribution in [0, 0.1) is 10.1 Å². The highest BCUT2D eigenvalue weighted by molar-refractivity contribution is 6.04. The fraction of sp³-hybridized carbons (Fsp3) is 0.333. The molecule has 0 aliphatic carbocycles. The van der Waals surface area contributed by atoms with E-state index in [9.17, 15) is 19.7 Å². The molecule has 0 aliphatic heterocycles. The first-order chi connectivity index (χ1) is 8.49. The molecule has 1 rings (SSSR count). The number of nitrogens with zero attached hydrogens (tertiary/aromatic N) is 1. The molecule has 96 valence electrons. The number of benzene rings is 1. The van der Waals surface area contributed by atoms with Gasteiger partial charge in [-0.15, -0.1) is 0 Å². The van der Waals surface area contributed by atoms with Crippen LogP contribution < -0.4 is 0 Å². The third kappa shape index (κ3) is 2.91. The minimum atomic E-state index is -1.24. The molecule has 0 amide bonds. The molecule has 0 unspecified atom stereocenters. The number of Topliss-reactive ketones (excluding diaryl/α,β-unsaturated/α-hetero) is 1. The van der Waals surface area contributed by atoms with Gasteiger partial charge in [0.25, 0.3) is 5.69 Å². The Morgan fingerprint density at radius 1 is 1.39 bits per heavy atom. The van der Waals surface area contributed by atoms with Crippen molar-refractivity contribution in [2.75, 3.05) is 6.61 Å². The molecule has 0 aromatic heterocycles. The zero-order valence-electron chi connectivity index (χ0n) is 10.1. The molecular weight excluding hydrogens is 238 g/mol. The summed E-state index contributed by atoms with van der Waals surface area (Å²) < 4.78 is 4.77. The lowest BCUT2D eigenvalue weighted by Gasteiger charge is -2.12. The predicted octanol–water partition coefficient (Wildman–Crippen LogP) is 1.83. The number of carbonyl (C=O) groups is 2. The molecule has 0 aliphatic rings. The number of nitro benzene ring substituents is 1. The predicted molar refractivity (Wildman–Crippen MR) is 63.2 cm³/mol.